The molecule has 0 bridgehead atoms. The largest absolute Gasteiger partial charge is 0.255 e. The minimum absolute atomic E-state index is 1.18. The minimum Gasteiger partial charge on any atom is -0.195 e. The van der Waals surface area contributed by atoms with E-state index in [1.54, 1.807) is 0 Å². The molecule has 0 N–H and O–H groups in total. The molecule has 0 spiro atoms. The highest BCUT2D eigenvalue weighted by molar-refractivity contribution is 5.74. The standard InChI is InChI=1S/C21H19N2/c1-16-7-11-18(12-8-16)22-15-23(19-13-9-17(2)10-14-19)21-6-4-3-5-20(21)22/h3-15H,1-2H3/q+1. The molecule has 1 aromatic heterocycles. The number of hydrogen-bond acceptors (Lipinski definition) is 0. The third-order valence-corrected chi connectivity index (χ3v) is 4.26. The summed E-state index contributed by atoms with van der Waals surface area (Å²) in [4.78, 5) is 0. The van der Waals surface area contributed by atoms with Crippen molar-refractivity contribution in [1.82, 2.24) is 4.57 Å². The van der Waals surface area contributed by atoms with E-state index in [4.69, 9.17) is 0 Å². The van der Waals surface area contributed by atoms with Gasteiger partial charge in [-0.2, -0.15) is 9.13 Å². The van der Waals surface area contributed by atoms with Gasteiger partial charge in [-0.3, -0.25) is 0 Å². The first-order valence-electron chi connectivity index (χ1n) is 7.88. The van der Waals surface area contributed by atoms with Crippen molar-refractivity contribution in [3.05, 3.63) is 90.3 Å². The van der Waals surface area contributed by atoms with E-state index in [9.17, 15) is 0 Å². The Morgan fingerprint density at radius 2 is 1.30 bits per heavy atom. The van der Waals surface area contributed by atoms with Crippen LogP contribution < -0.4 is 4.57 Å². The van der Waals surface area contributed by atoms with Crippen LogP contribution in [0.5, 0.6) is 0 Å². The monoisotopic (exact) mass is 299 g/mol. The van der Waals surface area contributed by atoms with Gasteiger partial charge in [0.15, 0.2) is 11.0 Å². The molecular formula is C21H19N2+. The minimum atomic E-state index is 1.18. The fourth-order valence-electron chi connectivity index (χ4n) is 2.93. The number of fused-ring (bicyclic) bond motifs is 1. The molecule has 0 saturated carbocycles. The lowest BCUT2D eigenvalue weighted by atomic mass is 10.2. The highest BCUT2D eigenvalue weighted by Crippen LogP contribution is 2.19. The van der Waals surface area contributed by atoms with E-state index in [1.807, 2.05) is 0 Å². The topological polar surface area (TPSA) is 8.81 Å². The second-order valence-corrected chi connectivity index (χ2v) is 6.02. The number of imidazole rings is 1. The van der Waals surface area contributed by atoms with Crippen molar-refractivity contribution in [2.45, 2.75) is 13.8 Å². The number of hydrogen-bond donors (Lipinski definition) is 0. The van der Waals surface area contributed by atoms with Gasteiger partial charge >= 0.3 is 0 Å². The van der Waals surface area contributed by atoms with Crippen LogP contribution in [0.3, 0.4) is 0 Å². The van der Waals surface area contributed by atoms with Crippen molar-refractivity contribution in [3.8, 4) is 11.4 Å². The molecule has 0 saturated heterocycles. The van der Waals surface area contributed by atoms with Gasteiger partial charge in [-0.15, -0.1) is 0 Å². The summed E-state index contributed by atoms with van der Waals surface area (Å²) in [5.74, 6) is 0. The van der Waals surface area contributed by atoms with Crippen LogP contribution in [0.15, 0.2) is 79.1 Å². The Morgan fingerprint density at radius 3 is 2.00 bits per heavy atom. The highest BCUT2D eigenvalue weighted by Gasteiger charge is 2.18. The number of aryl methyl sites for hydroxylation is 2. The summed E-state index contributed by atoms with van der Waals surface area (Å²) in [6, 6.07) is 25.8. The van der Waals surface area contributed by atoms with Gasteiger partial charge in [0.25, 0.3) is 6.33 Å². The van der Waals surface area contributed by atoms with Crippen molar-refractivity contribution >= 4 is 11.0 Å². The first-order chi connectivity index (χ1) is 11.2. The Balaban J connectivity index is 1.96. The normalized spacial score (nSPS) is 11.0. The summed E-state index contributed by atoms with van der Waals surface area (Å²) in [5.41, 5.74) is 7.32. The van der Waals surface area contributed by atoms with Crippen LogP contribution in [0.1, 0.15) is 11.1 Å². The van der Waals surface area contributed by atoms with E-state index in [-0.39, 0.29) is 0 Å². The molecule has 0 unspecified atom stereocenters. The van der Waals surface area contributed by atoms with Crippen molar-refractivity contribution in [1.29, 1.82) is 0 Å². The lowest BCUT2D eigenvalue weighted by molar-refractivity contribution is -0.567. The number of benzene rings is 3. The molecule has 0 aliphatic rings. The smallest absolute Gasteiger partial charge is 0.195 e. The lowest BCUT2D eigenvalue weighted by Gasteiger charge is -1.98. The van der Waals surface area contributed by atoms with Crippen LogP contribution in [-0.4, -0.2) is 4.57 Å². The van der Waals surface area contributed by atoms with Crippen molar-refractivity contribution in [2.75, 3.05) is 0 Å². The maximum Gasteiger partial charge on any atom is 0.255 e. The van der Waals surface area contributed by atoms with E-state index < -0.39 is 0 Å². The van der Waals surface area contributed by atoms with E-state index in [2.05, 4.69) is 102 Å². The van der Waals surface area contributed by atoms with Crippen LogP contribution in [0.25, 0.3) is 22.4 Å². The van der Waals surface area contributed by atoms with Crippen molar-refractivity contribution < 1.29 is 4.57 Å². The number of aromatic nitrogens is 2. The average molecular weight is 299 g/mol. The van der Waals surface area contributed by atoms with Crippen LogP contribution in [0.2, 0.25) is 0 Å². The van der Waals surface area contributed by atoms with Gasteiger partial charge < -0.3 is 0 Å². The van der Waals surface area contributed by atoms with Crippen LogP contribution in [0.4, 0.5) is 0 Å². The van der Waals surface area contributed by atoms with Gasteiger partial charge in [-0.25, -0.2) is 0 Å². The van der Waals surface area contributed by atoms with E-state index >= 15 is 0 Å². The molecule has 0 atom stereocenters. The Labute approximate surface area is 136 Å². The van der Waals surface area contributed by atoms with Crippen LogP contribution >= 0.6 is 0 Å². The van der Waals surface area contributed by atoms with Gasteiger partial charge in [0.2, 0.25) is 0 Å². The van der Waals surface area contributed by atoms with Gasteiger partial charge in [0, 0.05) is 0 Å². The maximum atomic E-state index is 2.24. The molecule has 2 heteroatoms. The number of para-hydroxylation sites is 2. The summed E-state index contributed by atoms with van der Waals surface area (Å²) in [6.07, 6.45) is 2.17. The SMILES string of the molecule is Cc1ccc(-n2c[n+](-c3ccc(C)cc3)c3ccccc32)cc1. The molecular weight excluding hydrogens is 280 g/mol. The molecule has 0 amide bonds. The molecule has 0 aliphatic heterocycles. The molecule has 23 heavy (non-hydrogen) atoms. The zero-order valence-electron chi connectivity index (χ0n) is 13.4. The Hall–Kier alpha value is -2.87. The molecule has 0 radical (unpaired) electrons. The molecule has 4 rings (SSSR count). The Morgan fingerprint density at radius 1 is 0.696 bits per heavy atom. The van der Waals surface area contributed by atoms with Crippen LogP contribution in [0, 0.1) is 13.8 Å². The summed E-state index contributed by atoms with van der Waals surface area (Å²) in [5, 5.41) is 0. The van der Waals surface area contributed by atoms with Crippen molar-refractivity contribution in [2.24, 2.45) is 0 Å². The maximum absolute atomic E-state index is 2.24. The van der Waals surface area contributed by atoms with Gasteiger partial charge in [-0.05, 0) is 50.2 Å². The number of rotatable bonds is 2. The van der Waals surface area contributed by atoms with Crippen molar-refractivity contribution in [3.63, 3.8) is 0 Å². The van der Waals surface area contributed by atoms with E-state index in [0.717, 1.165) is 0 Å². The van der Waals surface area contributed by atoms with E-state index in [0.29, 0.717) is 0 Å². The average Bonchev–Trinajstić information content (AvgIpc) is 2.96. The summed E-state index contributed by atoms with van der Waals surface area (Å²) in [7, 11) is 0. The molecule has 1 heterocycles. The second-order valence-electron chi connectivity index (χ2n) is 6.02. The molecule has 112 valence electrons. The van der Waals surface area contributed by atoms with Gasteiger partial charge in [0.1, 0.15) is 11.4 Å². The Kier molecular flexibility index (Phi) is 3.23. The molecule has 0 fully saturated rings. The van der Waals surface area contributed by atoms with Crippen LogP contribution in [-0.2, 0) is 0 Å². The summed E-state index contributed by atoms with van der Waals surface area (Å²) < 4.78 is 4.49. The lowest BCUT2D eigenvalue weighted by Crippen LogP contribution is -2.28. The first kappa shape index (κ1) is 13.8. The Bertz CT molecular complexity index is 882. The third kappa shape index (κ3) is 2.42. The highest BCUT2D eigenvalue weighted by atomic mass is 15.1. The number of nitrogens with zero attached hydrogens (tertiary/aromatic N) is 2. The quantitative estimate of drug-likeness (QED) is 0.481. The summed E-state index contributed by atoms with van der Waals surface area (Å²) >= 11 is 0. The van der Waals surface area contributed by atoms with Gasteiger partial charge in [0.05, 0.1) is 0 Å². The second kappa shape index (κ2) is 5.40. The fraction of sp³-hybridized carbons (Fsp3) is 0.0952. The predicted octanol–water partition coefficient (Wildman–Crippen LogP) is 4.52. The summed E-state index contributed by atoms with van der Waals surface area (Å²) in [6.45, 7) is 4.23. The molecule has 4 aromatic rings. The first-order valence-corrected chi connectivity index (χ1v) is 7.88. The molecule has 0 aliphatic carbocycles. The zero-order chi connectivity index (χ0) is 15.8. The fourth-order valence-corrected chi connectivity index (χ4v) is 2.93. The van der Waals surface area contributed by atoms with E-state index in [1.165, 1.54) is 33.5 Å². The zero-order valence-corrected chi connectivity index (χ0v) is 13.4. The molecule has 3 aromatic carbocycles. The third-order valence-electron chi connectivity index (χ3n) is 4.26. The predicted molar refractivity (Wildman–Crippen MR) is 94.3 cm³/mol. The molecule has 2 nitrogen and oxygen atoms in total. The van der Waals surface area contributed by atoms with Gasteiger partial charge in [-0.1, -0.05) is 47.5 Å².